The van der Waals surface area contributed by atoms with Crippen LogP contribution in [0.1, 0.15) is 15.9 Å². The minimum absolute atomic E-state index is 0.137. The second-order valence-electron chi connectivity index (χ2n) is 5.23. The molecule has 2 aromatic carbocycles. The summed E-state index contributed by atoms with van der Waals surface area (Å²) in [6.07, 6.45) is 0. The van der Waals surface area contributed by atoms with Crippen LogP contribution in [0, 0.1) is 6.92 Å². The van der Waals surface area contributed by atoms with Gasteiger partial charge in [0.1, 0.15) is 0 Å². The Labute approximate surface area is 140 Å². The fourth-order valence-electron chi connectivity index (χ4n) is 1.91. The van der Waals surface area contributed by atoms with Gasteiger partial charge in [-0.05, 0) is 48.9 Å². The van der Waals surface area contributed by atoms with Crippen LogP contribution in [0.5, 0.6) is 0 Å². The third-order valence-electron chi connectivity index (χ3n) is 3.34. The van der Waals surface area contributed by atoms with Gasteiger partial charge in [0.05, 0.1) is 4.90 Å². The Kier molecular flexibility index (Phi) is 5.09. The maximum absolute atomic E-state index is 12.3. The molecule has 7 heteroatoms. The van der Waals surface area contributed by atoms with Gasteiger partial charge in [0.2, 0.25) is 10.0 Å². The summed E-state index contributed by atoms with van der Waals surface area (Å²) in [4.78, 5) is 12.4. The number of hydrogen-bond donors (Lipinski definition) is 1. The van der Waals surface area contributed by atoms with Crippen molar-refractivity contribution < 1.29 is 13.2 Å². The van der Waals surface area contributed by atoms with Crippen LogP contribution in [-0.2, 0) is 10.0 Å². The van der Waals surface area contributed by atoms with Crippen molar-refractivity contribution in [2.24, 2.45) is 0 Å². The van der Waals surface area contributed by atoms with Crippen LogP contribution < -0.4 is 5.32 Å². The minimum Gasteiger partial charge on any atom is -0.322 e. The normalized spacial score (nSPS) is 11.5. The topological polar surface area (TPSA) is 66.5 Å². The molecular weight excluding hydrogens is 336 g/mol. The van der Waals surface area contributed by atoms with Gasteiger partial charge in [-0.25, -0.2) is 12.7 Å². The van der Waals surface area contributed by atoms with Gasteiger partial charge < -0.3 is 5.32 Å². The molecule has 0 spiro atoms. The van der Waals surface area contributed by atoms with Crippen LogP contribution in [0.3, 0.4) is 0 Å². The Balaban J connectivity index is 2.23. The van der Waals surface area contributed by atoms with Crippen LogP contribution >= 0.6 is 11.6 Å². The highest BCUT2D eigenvalue weighted by Crippen LogP contribution is 2.21. The number of anilines is 1. The van der Waals surface area contributed by atoms with Crippen LogP contribution in [0.25, 0.3) is 0 Å². The molecule has 0 aliphatic heterocycles. The maximum Gasteiger partial charge on any atom is 0.255 e. The largest absolute Gasteiger partial charge is 0.322 e. The van der Waals surface area contributed by atoms with Crippen molar-refractivity contribution >= 4 is 33.2 Å². The number of rotatable bonds is 4. The maximum atomic E-state index is 12.3. The zero-order valence-electron chi connectivity index (χ0n) is 13.0. The molecule has 0 atom stereocenters. The summed E-state index contributed by atoms with van der Waals surface area (Å²) in [5.74, 6) is -0.329. The van der Waals surface area contributed by atoms with Crippen LogP contribution in [0.4, 0.5) is 5.69 Å². The summed E-state index contributed by atoms with van der Waals surface area (Å²) in [6, 6.07) is 11.0. The number of sulfonamides is 1. The number of amides is 1. The molecule has 0 aromatic heterocycles. The zero-order chi connectivity index (χ0) is 17.2. The molecule has 0 saturated heterocycles. The van der Waals surface area contributed by atoms with E-state index in [9.17, 15) is 13.2 Å². The molecule has 0 unspecified atom stereocenters. The van der Waals surface area contributed by atoms with Crippen molar-refractivity contribution in [3.63, 3.8) is 0 Å². The van der Waals surface area contributed by atoms with E-state index in [-0.39, 0.29) is 10.8 Å². The summed E-state index contributed by atoms with van der Waals surface area (Å²) in [6.45, 7) is 1.86. The summed E-state index contributed by atoms with van der Waals surface area (Å²) in [5, 5.41) is 3.29. The van der Waals surface area contributed by atoms with E-state index >= 15 is 0 Å². The van der Waals surface area contributed by atoms with E-state index in [0.717, 1.165) is 9.87 Å². The summed E-state index contributed by atoms with van der Waals surface area (Å²) < 4.78 is 25.1. The Morgan fingerprint density at radius 2 is 1.70 bits per heavy atom. The molecular formula is C16H17ClN2O3S. The highest BCUT2D eigenvalue weighted by atomic mass is 35.5. The number of carbonyl (C=O) groups is 1. The van der Waals surface area contributed by atoms with E-state index in [1.807, 2.05) is 13.0 Å². The van der Waals surface area contributed by atoms with E-state index in [2.05, 4.69) is 5.32 Å². The van der Waals surface area contributed by atoms with Gasteiger partial charge in [-0.15, -0.1) is 0 Å². The van der Waals surface area contributed by atoms with Crippen molar-refractivity contribution in [1.82, 2.24) is 4.31 Å². The fourth-order valence-corrected chi connectivity index (χ4v) is 2.99. The van der Waals surface area contributed by atoms with Gasteiger partial charge in [0.25, 0.3) is 5.91 Å². The molecule has 1 amide bonds. The molecule has 0 bridgehead atoms. The lowest BCUT2D eigenvalue weighted by atomic mass is 10.1. The number of nitrogens with zero attached hydrogens (tertiary/aromatic N) is 1. The molecule has 0 aliphatic rings. The van der Waals surface area contributed by atoms with Gasteiger partial charge in [0, 0.05) is 30.4 Å². The van der Waals surface area contributed by atoms with E-state index in [1.54, 1.807) is 12.1 Å². The van der Waals surface area contributed by atoms with E-state index in [4.69, 9.17) is 11.6 Å². The smallest absolute Gasteiger partial charge is 0.255 e. The first-order valence-electron chi connectivity index (χ1n) is 6.82. The van der Waals surface area contributed by atoms with Crippen LogP contribution in [0.2, 0.25) is 5.02 Å². The molecule has 5 nitrogen and oxygen atoms in total. The van der Waals surface area contributed by atoms with Gasteiger partial charge in [-0.2, -0.15) is 0 Å². The van der Waals surface area contributed by atoms with Gasteiger partial charge in [-0.1, -0.05) is 17.7 Å². The highest BCUT2D eigenvalue weighted by molar-refractivity contribution is 7.89. The molecule has 0 radical (unpaired) electrons. The average Bonchev–Trinajstić information content (AvgIpc) is 2.50. The standard InChI is InChI=1S/C16H17ClN2O3S/c1-11-4-7-13(17)10-15(11)18-16(20)12-5-8-14(9-6-12)23(21,22)19(2)3/h4-10H,1-3H3,(H,18,20). The zero-order valence-corrected chi connectivity index (χ0v) is 14.6. The summed E-state index contributed by atoms with van der Waals surface area (Å²) >= 11 is 5.92. The lowest BCUT2D eigenvalue weighted by molar-refractivity contribution is 0.102. The fraction of sp³-hybridized carbons (Fsp3) is 0.188. The van der Waals surface area contributed by atoms with Crippen molar-refractivity contribution in [2.45, 2.75) is 11.8 Å². The molecule has 0 heterocycles. The average molecular weight is 353 g/mol. The number of halogens is 1. The number of carbonyl (C=O) groups excluding carboxylic acids is 1. The predicted octanol–water partition coefficient (Wildman–Crippen LogP) is 3.15. The van der Waals surface area contributed by atoms with Crippen molar-refractivity contribution in [2.75, 3.05) is 19.4 Å². The minimum atomic E-state index is -3.51. The first-order chi connectivity index (χ1) is 10.7. The van der Waals surface area contributed by atoms with Crippen LogP contribution in [0.15, 0.2) is 47.4 Å². The number of hydrogen-bond acceptors (Lipinski definition) is 3. The quantitative estimate of drug-likeness (QED) is 0.919. The SMILES string of the molecule is Cc1ccc(Cl)cc1NC(=O)c1ccc(S(=O)(=O)N(C)C)cc1. The van der Waals surface area contributed by atoms with Crippen molar-refractivity contribution in [1.29, 1.82) is 0 Å². The molecule has 122 valence electrons. The van der Waals surface area contributed by atoms with E-state index in [1.165, 1.54) is 38.4 Å². The number of benzene rings is 2. The van der Waals surface area contributed by atoms with Gasteiger partial charge in [-0.3, -0.25) is 4.79 Å². The Morgan fingerprint density at radius 1 is 1.09 bits per heavy atom. The van der Waals surface area contributed by atoms with Crippen molar-refractivity contribution in [3.8, 4) is 0 Å². The second kappa shape index (κ2) is 6.70. The third-order valence-corrected chi connectivity index (χ3v) is 5.41. The molecule has 2 aromatic rings. The summed E-state index contributed by atoms with van der Waals surface area (Å²) in [5.41, 5.74) is 1.86. The highest BCUT2D eigenvalue weighted by Gasteiger charge is 2.17. The van der Waals surface area contributed by atoms with Gasteiger partial charge >= 0.3 is 0 Å². The van der Waals surface area contributed by atoms with E-state index < -0.39 is 10.0 Å². The van der Waals surface area contributed by atoms with E-state index in [0.29, 0.717) is 16.3 Å². The van der Waals surface area contributed by atoms with Crippen molar-refractivity contribution in [3.05, 3.63) is 58.6 Å². The molecule has 0 saturated carbocycles. The van der Waals surface area contributed by atoms with Gasteiger partial charge in [0.15, 0.2) is 0 Å². The molecule has 0 fully saturated rings. The number of aryl methyl sites for hydroxylation is 1. The lowest BCUT2D eigenvalue weighted by Gasteiger charge is -2.12. The monoisotopic (exact) mass is 352 g/mol. The molecule has 23 heavy (non-hydrogen) atoms. The predicted molar refractivity (Wildman–Crippen MR) is 91.5 cm³/mol. The Morgan fingerprint density at radius 3 is 2.26 bits per heavy atom. The Hall–Kier alpha value is -1.89. The van der Waals surface area contributed by atoms with Crippen LogP contribution in [-0.4, -0.2) is 32.7 Å². The Bertz CT molecular complexity index is 831. The first kappa shape index (κ1) is 17.5. The summed E-state index contributed by atoms with van der Waals surface area (Å²) in [7, 11) is -0.594. The first-order valence-corrected chi connectivity index (χ1v) is 8.63. The third kappa shape index (κ3) is 3.90. The lowest BCUT2D eigenvalue weighted by Crippen LogP contribution is -2.22. The molecule has 2 rings (SSSR count). The second-order valence-corrected chi connectivity index (χ2v) is 7.81. The number of nitrogens with one attached hydrogen (secondary N) is 1. The molecule has 1 N–H and O–H groups in total. The molecule has 0 aliphatic carbocycles.